The smallest absolute Gasteiger partial charge is 0.0162 e. The Hall–Kier alpha value is -2.34. The summed E-state index contributed by atoms with van der Waals surface area (Å²) < 4.78 is 0. The fraction of sp³-hybridized carbons (Fsp3) is 0.357. The zero-order chi connectivity index (χ0) is 19.3. The summed E-state index contributed by atoms with van der Waals surface area (Å²) in [6.07, 6.45) is 7.75. The molecule has 0 atom stereocenters. The van der Waals surface area contributed by atoms with Crippen molar-refractivity contribution in [3.8, 4) is 11.1 Å². The molecule has 3 aromatic rings. The SMILES string of the molecule is Cc1ccc(-c2ccc(CCc3ccc(C4CCC(C)CC4)cc3)cc2)cc1. The van der Waals surface area contributed by atoms with Gasteiger partial charge in [-0.25, -0.2) is 0 Å². The second-order valence-corrected chi connectivity index (χ2v) is 8.76. The third-order valence-electron chi connectivity index (χ3n) is 6.51. The van der Waals surface area contributed by atoms with Crippen molar-refractivity contribution in [1.82, 2.24) is 0 Å². The van der Waals surface area contributed by atoms with E-state index in [2.05, 4.69) is 86.6 Å². The summed E-state index contributed by atoms with van der Waals surface area (Å²) in [5.41, 5.74) is 8.33. The van der Waals surface area contributed by atoms with Gasteiger partial charge >= 0.3 is 0 Å². The first-order valence-corrected chi connectivity index (χ1v) is 10.9. The van der Waals surface area contributed by atoms with E-state index in [1.54, 1.807) is 5.56 Å². The summed E-state index contributed by atoms with van der Waals surface area (Å²) in [5.74, 6) is 1.72. The van der Waals surface area contributed by atoms with E-state index in [0.717, 1.165) is 24.7 Å². The summed E-state index contributed by atoms with van der Waals surface area (Å²) in [7, 11) is 0. The fourth-order valence-corrected chi connectivity index (χ4v) is 4.45. The lowest BCUT2D eigenvalue weighted by Gasteiger charge is -2.26. The monoisotopic (exact) mass is 368 g/mol. The second-order valence-electron chi connectivity index (χ2n) is 8.76. The summed E-state index contributed by atoms with van der Waals surface area (Å²) in [5, 5.41) is 0. The fourth-order valence-electron chi connectivity index (χ4n) is 4.45. The molecule has 0 radical (unpaired) electrons. The molecule has 0 unspecified atom stereocenters. The zero-order valence-corrected chi connectivity index (χ0v) is 17.3. The molecular weight excluding hydrogens is 336 g/mol. The Bertz CT molecular complexity index is 861. The van der Waals surface area contributed by atoms with Gasteiger partial charge in [0.1, 0.15) is 0 Å². The minimum absolute atomic E-state index is 0.791. The molecule has 1 saturated carbocycles. The van der Waals surface area contributed by atoms with Crippen LogP contribution >= 0.6 is 0 Å². The van der Waals surface area contributed by atoms with Crippen LogP contribution in [0.25, 0.3) is 11.1 Å². The molecule has 0 saturated heterocycles. The van der Waals surface area contributed by atoms with Crippen LogP contribution in [0.2, 0.25) is 0 Å². The average molecular weight is 369 g/mol. The van der Waals surface area contributed by atoms with E-state index in [1.807, 2.05) is 0 Å². The highest BCUT2D eigenvalue weighted by Crippen LogP contribution is 2.35. The van der Waals surface area contributed by atoms with Crippen molar-refractivity contribution in [2.75, 3.05) is 0 Å². The number of hydrogen-bond acceptors (Lipinski definition) is 0. The van der Waals surface area contributed by atoms with Gasteiger partial charge in [0.15, 0.2) is 0 Å². The molecule has 0 heterocycles. The summed E-state index contributed by atoms with van der Waals surface area (Å²) >= 11 is 0. The Labute approximate surface area is 170 Å². The van der Waals surface area contributed by atoms with Crippen molar-refractivity contribution < 1.29 is 0 Å². The third kappa shape index (κ3) is 4.73. The van der Waals surface area contributed by atoms with Gasteiger partial charge in [-0.3, -0.25) is 0 Å². The molecule has 0 spiro atoms. The van der Waals surface area contributed by atoms with Crippen LogP contribution in [0, 0.1) is 12.8 Å². The minimum atomic E-state index is 0.791. The molecule has 0 nitrogen and oxygen atoms in total. The van der Waals surface area contributed by atoms with Crippen molar-refractivity contribution in [1.29, 1.82) is 0 Å². The predicted octanol–water partition coefficient (Wildman–Crippen LogP) is 7.74. The Kier molecular flexibility index (Phi) is 5.95. The van der Waals surface area contributed by atoms with E-state index >= 15 is 0 Å². The first kappa shape index (κ1) is 19.0. The molecule has 0 heteroatoms. The lowest BCUT2D eigenvalue weighted by atomic mass is 9.79. The van der Waals surface area contributed by atoms with Crippen molar-refractivity contribution in [3.63, 3.8) is 0 Å². The molecule has 0 bridgehead atoms. The van der Waals surface area contributed by atoms with Crippen molar-refractivity contribution in [3.05, 3.63) is 95.1 Å². The molecular formula is C28H32. The first-order chi connectivity index (χ1) is 13.7. The Morgan fingerprint density at radius 3 is 1.61 bits per heavy atom. The van der Waals surface area contributed by atoms with Crippen LogP contribution in [0.5, 0.6) is 0 Å². The van der Waals surface area contributed by atoms with Gasteiger partial charge < -0.3 is 0 Å². The van der Waals surface area contributed by atoms with Crippen molar-refractivity contribution in [2.45, 2.75) is 58.3 Å². The molecule has 0 aliphatic heterocycles. The van der Waals surface area contributed by atoms with Crippen molar-refractivity contribution >= 4 is 0 Å². The molecule has 4 rings (SSSR count). The van der Waals surface area contributed by atoms with E-state index < -0.39 is 0 Å². The normalized spacial score (nSPS) is 19.5. The van der Waals surface area contributed by atoms with Crippen LogP contribution < -0.4 is 0 Å². The van der Waals surface area contributed by atoms with E-state index in [9.17, 15) is 0 Å². The van der Waals surface area contributed by atoms with Gasteiger partial charge in [0, 0.05) is 0 Å². The van der Waals surface area contributed by atoms with Crippen LogP contribution in [0.15, 0.2) is 72.8 Å². The molecule has 144 valence electrons. The lowest BCUT2D eigenvalue weighted by molar-refractivity contribution is 0.348. The predicted molar refractivity (Wildman–Crippen MR) is 121 cm³/mol. The zero-order valence-electron chi connectivity index (χ0n) is 17.3. The van der Waals surface area contributed by atoms with Gasteiger partial charge in [-0.05, 0) is 72.3 Å². The first-order valence-electron chi connectivity index (χ1n) is 10.9. The van der Waals surface area contributed by atoms with E-state index in [1.165, 1.54) is 53.5 Å². The summed E-state index contributed by atoms with van der Waals surface area (Å²) in [4.78, 5) is 0. The van der Waals surface area contributed by atoms with Crippen LogP contribution in [0.4, 0.5) is 0 Å². The van der Waals surface area contributed by atoms with Gasteiger partial charge in [0.2, 0.25) is 0 Å². The maximum absolute atomic E-state index is 2.40. The van der Waals surface area contributed by atoms with Crippen LogP contribution in [0.1, 0.15) is 60.8 Å². The number of aryl methyl sites for hydroxylation is 3. The van der Waals surface area contributed by atoms with Crippen LogP contribution in [-0.4, -0.2) is 0 Å². The number of hydrogen-bond donors (Lipinski definition) is 0. The molecule has 3 aromatic carbocycles. The topological polar surface area (TPSA) is 0 Å². The van der Waals surface area contributed by atoms with Gasteiger partial charge in [0.05, 0.1) is 0 Å². The minimum Gasteiger partial charge on any atom is -0.0625 e. The van der Waals surface area contributed by atoms with Gasteiger partial charge in [-0.15, -0.1) is 0 Å². The highest BCUT2D eigenvalue weighted by atomic mass is 14.2. The third-order valence-corrected chi connectivity index (χ3v) is 6.51. The molecule has 1 fully saturated rings. The maximum atomic E-state index is 2.40. The Morgan fingerprint density at radius 2 is 1.07 bits per heavy atom. The quantitative estimate of drug-likeness (QED) is 0.432. The van der Waals surface area contributed by atoms with Crippen LogP contribution in [0.3, 0.4) is 0 Å². The summed E-state index contributed by atoms with van der Waals surface area (Å²) in [6.45, 7) is 4.53. The summed E-state index contributed by atoms with van der Waals surface area (Å²) in [6, 6.07) is 27.3. The van der Waals surface area contributed by atoms with Gasteiger partial charge in [-0.1, -0.05) is 98.1 Å². The molecule has 0 N–H and O–H groups in total. The maximum Gasteiger partial charge on any atom is -0.0162 e. The Morgan fingerprint density at radius 1 is 0.607 bits per heavy atom. The largest absolute Gasteiger partial charge is 0.0625 e. The molecule has 28 heavy (non-hydrogen) atoms. The Balaban J connectivity index is 1.33. The molecule has 1 aliphatic carbocycles. The highest BCUT2D eigenvalue weighted by Gasteiger charge is 2.19. The lowest BCUT2D eigenvalue weighted by Crippen LogP contribution is -2.10. The molecule has 1 aliphatic rings. The van der Waals surface area contributed by atoms with E-state index in [-0.39, 0.29) is 0 Å². The highest BCUT2D eigenvalue weighted by molar-refractivity contribution is 5.63. The van der Waals surface area contributed by atoms with E-state index in [0.29, 0.717) is 0 Å². The average Bonchev–Trinajstić information content (AvgIpc) is 2.74. The molecule has 0 aromatic heterocycles. The van der Waals surface area contributed by atoms with Crippen molar-refractivity contribution in [2.24, 2.45) is 5.92 Å². The molecule has 0 amide bonds. The second kappa shape index (κ2) is 8.78. The standard InChI is InChI=1S/C28H32/c1-21-3-13-25(14-4-21)27-17-9-23(10-18-27)7-8-24-11-19-28(20-12-24)26-15-5-22(2)6-16-26/h3-4,9-14,17-20,22,26H,5-8,15-16H2,1-2H3. The number of benzene rings is 3. The van der Waals surface area contributed by atoms with Gasteiger partial charge in [0.25, 0.3) is 0 Å². The van der Waals surface area contributed by atoms with Crippen LogP contribution in [-0.2, 0) is 12.8 Å². The van der Waals surface area contributed by atoms with E-state index in [4.69, 9.17) is 0 Å². The number of rotatable bonds is 5. The van der Waals surface area contributed by atoms with Gasteiger partial charge in [-0.2, -0.15) is 0 Å².